The van der Waals surface area contributed by atoms with Gasteiger partial charge in [0.2, 0.25) is 0 Å². The van der Waals surface area contributed by atoms with Crippen LogP contribution in [-0.2, 0) is 25.3 Å². The van der Waals surface area contributed by atoms with Gasteiger partial charge in [0.15, 0.2) is 0 Å². The second-order valence-electron chi connectivity index (χ2n) is 8.62. The van der Waals surface area contributed by atoms with Crippen LogP contribution < -0.4 is 4.74 Å². The average molecular weight is 378 g/mol. The third-order valence-electron chi connectivity index (χ3n) is 7.23. The monoisotopic (exact) mass is 378 g/mol. The third kappa shape index (κ3) is 2.51. The maximum atomic E-state index is 14.0. The van der Waals surface area contributed by atoms with Crippen LogP contribution >= 0.6 is 0 Å². The Labute approximate surface area is 165 Å². The van der Waals surface area contributed by atoms with Crippen LogP contribution in [0.2, 0.25) is 0 Å². The Hall–Kier alpha value is -2.33. The van der Waals surface area contributed by atoms with Crippen molar-refractivity contribution in [2.45, 2.75) is 24.7 Å². The molecule has 2 aliphatic rings. The van der Waals surface area contributed by atoms with Gasteiger partial charge >= 0.3 is 0 Å². The first-order valence-corrected chi connectivity index (χ1v) is 10.1. The molecule has 5 rings (SSSR count). The van der Waals surface area contributed by atoms with Gasteiger partial charge in [0.1, 0.15) is 11.6 Å². The van der Waals surface area contributed by atoms with Crippen molar-refractivity contribution < 1.29 is 9.13 Å². The molecule has 0 N–H and O–H groups in total. The highest BCUT2D eigenvalue weighted by Crippen LogP contribution is 2.50. The average Bonchev–Trinajstić information content (AvgIpc) is 2.97. The van der Waals surface area contributed by atoms with Crippen molar-refractivity contribution in [2.24, 2.45) is 13.0 Å². The van der Waals surface area contributed by atoms with Crippen molar-refractivity contribution in [2.75, 3.05) is 27.2 Å². The minimum atomic E-state index is -0.147. The van der Waals surface area contributed by atoms with E-state index < -0.39 is 0 Å². The molecule has 1 aliphatic carbocycles. The van der Waals surface area contributed by atoms with Crippen LogP contribution in [0.5, 0.6) is 5.75 Å². The first kappa shape index (κ1) is 17.7. The number of rotatable bonds is 2. The number of aryl methyl sites for hydroxylation is 1. The summed E-state index contributed by atoms with van der Waals surface area (Å²) in [5, 5.41) is 1.09. The fourth-order valence-electron chi connectivity index (χ4n) is 5.69. The lowest BCUT2D eigenvalue weighted by Gasteiger charge is -2.50. The maximum absolute atomic E-state index is 14.0. The van der Waals surface area contributed by atoms with Gasteiger partial charge in [-0.2, -0.15) is 0 Å². The number of methoxy groups -OCH3 is 1. The van der Waals surface area contributed by atoms with Crippen LogP contribution in [0.15, 0.2) is 42.5 Å². The van der Waals surface area contributed by atoms with Gasteiger partial charge in [-0.05, 0) is 80.2 Å². The normalized spacial score (nSPS) is 24.8. The number of hydrogen-bond acceptors (Lipinski definition) is 2. The van der Waals surface area contributed by atoms with Crippen LogP contribution in [0.3, 0.4) is 0 Å². The number of likely N-dealkylation sites (tertiary alicyclic amines) is 1. The van der Waals surface area contributed by atoms with Gasteiger partial charge in [-0.25, -0.2) is 4.39 Å². The van der Waals surface area contributed by atoms with E-state index in [4.69, 9.17) is 4.74 Å². The van der Waals surface area contributed by atoms with Crippen molar-refractivity contribution in [3.63, 3.8) is 0 Å². The topological polar surface area (TPSA) is 17.4 Å². The second kappa shape index (κ2) is 6.35. The first-order chi connectivity index (χ1) is 13.5. The SMILES string of the molecule is COc1cccc(C23CCN(C)CC2Cc2c(n(C)c4ccc(F)cc24)C3)c1. The fraction of sp³-hybridized carbons (Fsp3) is 0.417. The summed E-state index contributed by atoms with van der Waals surface area (Å²) in [6.45, 7) is 2.17. The van der Waals surface area contributed by atoms with E-state index in [1.165, 1.54) is 16.8 Å². The number of piperidine rings is 1. The zero-order valence-corrected chi connectivity index (χ0v) is 16.8. The van der Waals surface area contributed by atoms with E-state index in [1.807, 2.05) is 12.1 Å². The number of aromatic nitrogens is 1. The molecule has 2 unspecified atom stereocenters. The number of hydrogen-bond donors (Lipinski definition) is 0. The summed E-state index contributed by atoms with van der Waals surface area (Å²) in [7, 11) is 6.09. The van der Waals surface area contributed by atoms with Gasteiger partial charge in [0.05, 0.1) is 7.11 Å². The Bertz CT molecular complexity index is 1060. The molecular weight excluding hydrogens is 351 g/mol. The minimum absolute atomic E-state index is 0.106. The lowest BCUT2D eigenvalue weighted by Crippen LogP contribution is -2.53. The molecular formula is C24H27FN2O. The molecule has 1 fully saturated rings. The Morgan fingerprint density at radius 3 is 2.82 bits per heavy atom. The highest BCUT2D eigenvalue weighted by molar-refractivity contribution is 5.86. The number of ether oxygens (including phenoxy) is 1. The zero-order valence-electron chi connectivity index (χ0n) is 16.8. The molecule has 0 radical (unpaired) electrons. The number of benzene rings is 2. The van der Waals surface area contributed by atoms with Crippen LogP contribution in [0.25, 0.3) is 10.9 Å². The van der Waals surface area contributed by atoms with E-state index in [1.54, 1.807) is 19.2 Å². The second-order valence-corrected chi connectivity index (χ2v) is 8.62. The molecule has 0 saturated carbocycles. The molecule has 1 aliphatic heterocycles. The van der Waals surface area contributed by atoms with Crippen LogP contribution in [0.4, 0.5) is 4.39 Å². The summed E-state index contributed by atoms with van der Waals surface area (Å²) in [6.07, 6.45) is 3.13. The maximum Gasteiger partial charge on any atom is 0.123 e. The molecule has 1 saturated heterocycles. The third-order valence-corrected chi connectivity index (χ3v) is 7.23. The number of halogens is 1. The fourth-order valence-corrected chi connectivity index (χ4v) is 5.69. The minimum Gasteiger partial charge on any atom is -0.497 e. The molecule has 28 heavy (non-hydrogen) atoms. The molecule has 3 aromatic rings. The van der Waals surface area contributed by atoms with Crippen molar-refractivity contribution >= 4 is 10.9 Å². The van der Waals surface area contributed by atoms with Crippen LogP contribution in [0.1, 0.15) is 23.2 Å². The van der Waals surface area contributed by atoms with Gasteiger partial charge in [-0.3, -0.25) is 0 Å². The summed E-state index contributed by atoms with van der Waals surface area (Å²) >= 11 is 0. The summed E-state index contributed by atoms with van der Waals surface area (Å²) in [4.78, 5) is 2.44. The highest BCUT2D eigenvalue weighted by Gasteiger charge is 2.48. The summed E-state index contributed by atoms with van der Waals surface area (Å²) in [5.74, 6) is 1.29. The van der Waals surface area contributed by atoms with E-state index in [-0.39, 0.29) is 11.2 Å². The summed E-state index contributed by atoms with van der Waals surface area (Å²) < 4.78 is 21.8. The smallest absolute Gasteiger partial charge is 0.123 e. The van der Waals surface area contributed by atoms with E-state index in [0.717, 1.165) is 49.0 Å². The Kier molecular flexibility index (Phi) is 4.02. The van der Waals surface area contributed by atoms with E-state index >= 15 is 0 Å². The lowest BCUT2D eigenvalue weighted by molar-refractivity contribution is 0.0985. The molecule has 1 aromatic heterocycles. The van der Waals surface area contributed by atoms with E-state index in [0.29, 0.717) is 5.92 Å². The molecule has 3 nitrogen and oxygen atoms in total. The van der Waals surface area contributed by atoms with Gasteiger partial charge < -0.3 is 14.2 Å². The Morgan fingerprint density at radius 1 is 1.14 bits per heavy atom. The molecule has 0 amide bonds. The van der Waals surface area contributed by atoms with Gasteiger partial charge in [0, 0.05) is 35.6 Å². The van der Waals surface area contributed by atoms with Crippen molar-refractivity contribution in [1.82, 2.24) is 9.47 Å². The molecule has 2 heterocycles. The van der Waals surface area contributed by atoms with E-state index in [9.17, 15) is 4.39 Å². The summed E-state index contributed by atoms with van der Waals surface area (Å²) in [6, 6.07) is 13.9. The van der Waals surface area contributed by atoms with Crippen molar-refractivity contribution in [1.29, 1.82) is 0 Å². The number of nitrogens with zero attached hydrogens (tertiary/aromatic N) is 2. The van der Waals surface area contributed by atoms with Gasteiger partial charge in [-0.15, -0.1) is 0 Å². The van der Waals surface area contributed by atoms with Crippen LogP contribution in [0, 0.1) is 11.7 Å². The molecule has 2 aromatic carbocycles. The van der Waals surface area contributed by atoms with Crippen molar-refractivity contribution in [3.05, 3.63) is 65.1 Å². The largest absolute Gasteiger partial charge is 0.497 e. The molecule has 0 bridgehead atoms. The van der Waals surface area contributed by atoms with Crippen molar-refractivity contribution in [3.8, 4) is 5.75 Å². The lowest BCUT2D eigenvalue weighted by atomic mass is 9.59. The highest BCUT2D eigenvalue weighted by atomic mass is 19.1. The van der Waals surface area contributed by atoms with Crippen LogP contribution in [-0.4, -0.2) is 36.7 Å². The molecule has 0 spiro atoms. The predicted molar refractivity (Wildman–Crippen MR) is 111 cm³/mol. The standard InChI is InChI=1S/C24H27FN2O/c1-26-10-9-24(16-5-4-6-19(11-16)28-3)14-23-20(12-17(24)15-26)21-13-18(25)7-8-22(21)27(23)2/h4-8,11,13,17H,9-10,12,14-15H2,1-3H3. The summed E-state index contributed by atoms with van der Waals surface area (Å²) in [5.41, 5.74) is 5.33. The zero-order chi connectivity index (χ0) is 19.5. The van der Waals surface area contributed by atoms with E-state index in [2.05, 4.69) is 41.8 Å². The Morgan fingerprint density at radius 2 is 2.00 bits per heavy atom. The predicted octanol–water partition coefficient (Wildman–Crippen LogP) is 4.31. The molecule has 2 atom stereocenters. The first-order valence-electron chi connectivity index (χ1n) is 10.1. The molecule has 4 heteroatoms. The van der Waals surface area contributed by atoms with Gasteiger partial charge in [0.25, 0.3) is 0 Å². The quantitative estimate of drug-likeness (QED) is 0.661. The Balaban J connectivity index is 1.70. The number of fused-ring (bicyclic) bond motifs is 4. The molecule has 146 valence electrons. The van der Waals surface area contributed by atoms with Gasteiger partial charge in [-0.1, -0.05) is 12.1 Å².